The third-order valence-electron chi connectivity index (χ3n) is 3.44. The number of aromatic nitrogens is 1. The minimum Gasteiger partial charge on any atom is -0.481 e. The van der Waals surface area contributed by atoms with Gasteiger partial charge in [-0.3, -0.25) is 14.4 Å². The molecule has 0 fully saturated rings. The molecule has 2 aromatic rings. The molecule has 6 heteroatoms. The summed E-state index contributed by atoms with van der Waals surface area (Å²) in [6, 6.07) is 9.27. The van der Waals surface area contributed by atoms with Gasteiger partial charge < -0.3 is 15.4 Å². The molecule has 6 nitrogen and oxygen atoms in total. The molecule has 0 aliphatic heterocycles. The van der Waals surface area contributed by atoms with Crippen LogP contribution in [0.5, 0.6) is 0 Å². The van der Waals surface area contributed by atoms with Crippen LogP contribution in [0, 0.1) is 0 Å². The molecule has 0 atom stereocenters. The van der Waals surface area contributed by atoms with Crippen LogP contribution in [0.15, 0.2) is 47.4 Å². The molecule has 0 radical (unpaired) electrons. The third kappa shape index (κ3) is 3.22. The van der Waals surface area contributed by atoms with Gasteiger partial charge in [0.25, 0.3) is 5.91 Å². The van der Waals surface area contributed by atoms with Crippen LogP contribution in [0.25, 0.3) is 0 Å². The van der Waals surface area contributed by atoms with Crippen molar-refractivity contribution in [3.05, 3.63) is 64.1 Å². The molecule has 0 saturated carbocycles. The SMILES string of the molecule is CC(C)(C(=O)O)c1ccc(NC(=O)c2cc[nH]c(=O)c2)cc1. The van der Waals surface area contributed by atoms with E-state index in [4.69, 9.17) is 0 Å². The van der Waals surface area contributed by atoms with Gasteiger partial charge in [0.1, 0.15) is 0 Å². The number of carboxylic acids is 1. The summed E-state index contributed by atoms with van der Waals surface area (Å²) in [5, 5.41) is 11.8. The van der Waals surface area contributed by atoms with Gasteiger partial charge in [0.2, 0.25) is 5.56 Å². The van der Waals surface area contributed by atoms with Crippen molar-refractivity contribution >= 4 is 17.6 Å². The molecule has 0 aliphatic carbocycles. The van der Waals surface area contributed by atoms with Gasteiger partial charge in [-0.15, -0.1) is 0 Å². The molecule has 1 heterocycles. The van der Waals surface area contributed by atoms with E-state index in [-0.39, 0.29) is 11.1 Å². The predicted octanol–water partition coefficient (Wildman–Crippen LogP) is 1.99. The smallest absolute Gasteiger partial charge is 0.313 e. The summed E-state index contributed by atoms with van der Waals surface area (Å²) in [5.74, 6) is -1.33. The number of rotatable bonds is 4. The van der Waals surface area contributed by atoms with Crippen molar-refractivity contribution in [1.82, 2.24) is 4.98 Å². The highest BCUT2D eigenvalue weighted by Gasteiger charge is 2.29. The van der Waals surface area contributed by atoms with Crippen LogP contribution in [-0.4, -0.2) is 22.0 Å². The number of nitrogens with one attached hydrogen (secondary N) is 2. The van der Waals surface area contributed by atoms with E-state index in [1.807, 2.05) is 0 Å². The molecule has 3 N–H and O–H groups in total. The first-order valence-electron chi connectivity index (χ1n) is 6.65. The standard InChI is InChI=1S/C16H16N2O4/c1-16(2,15(21)22)11-3-5-12(6-4-11)18-14(20)10-7-8-17-13(19)9-10/h3-9H,1-2H3,(H,17,19)(H,18,20)(H,21,22). The zero-order valence-electron chi connectivity index (χ0n) is 12.2. The number of carboxylic acid groups (broad SMARTS) is 1. The molecule has 0 saturated heterocycles. The highest BCUT2D eigenvalue weighted by Crippen LogP contribution is 2.24. The number of aliphatic carboxylic acids is 1. The van der Waals surface area contributed by atoms with Gasteiger partial charge in [-0.2, -0.15) is 0 Å². The Morgan fingerprint density at radius 1 is 1.14 bits per heavy atom. The number of pyridine rings is 1. The van der Waals surface area contributed by atoms with Crippen LogP contribution in [0.2, 0.25) is 0 Å². The fourth-order valence-corrected chi connectivity index (χ4v) is 1.88. The van der Waals surface area contributed by atoms with Gasteiger partial charge in [-0.1, -0.05) is 12.1 Å². The summed E-state index contributed by atoms with van der Waals surface area (Å²) < 4.78 is 0. The first-order chi connectivity index (χ1) is 10.3. The van der Waals surface area contributed by atoms with E-state index in [1.165, 1.54) is 18.3 Å². The largest absolute Gasteiger partial charge is 0.481 e. The molecule has 0 spiro atoms. The Labute approximate surface area is 126 Å². The van der Waals surface area contributed by atoms with Crippen molar-refractivity contribution in [2.75, 3.05) is 5.32 Å². The lowest BCUT2D eigenvalue weighted by atomic mass is 9.85. The van der Waals surface area contributed by atoms with E-state index < -0.39 is 17.3 Å². The van der Waals surface area contributed by atoms with Crippen LogP contribution in [-0.2, 0) is 10.2 Å². The number of H-pyrrole nitrogens is 1. The Kier molecular flexibility index (Phi) is 4.12. The average Bonchev–Trinajstić information content (AvgIpc) is 2.47. The molecule has 22 heavy (non-hydrogen) atoms. The van der Waals surface area contributed by atoms with Crippen LogP contribution in [0.4, 0.5) is 5.69 Å². The molecule has 1 aromatic carbocycles. The maximum absolute atomic E-state index is 12.0. The van der Waals surface area contributed by atoms with Crippen LogP contribution in [0.3, 0.4) is 0 Å². The van der Waals surface area contributed by atoms with E-state index in [0.29, 0.717) is 11.3 Å². The molecule has 1 aromatic heterocycles. The highest BCUT2D eigenvalue weighted by molar-refractivity contribution is 6.04. The van der Waals surface area contributed by atoms with E-state index >= 15 is 0 Å². The molecule has 1 amide bonds. The summed E-state index contributed by atoms with van der Waals surface area (Å²) in [4.78, 5) is 36.8. The van der Waals surface area contributed by atoms with Gasteiger partial charge in [0.15, 0.2) is 0 Å². The fourth-order valence-electron chi connectivity index (χ4n) is 1.88. The van der Waals surface area contributed by atoms with Crippen molar-refractivity contribution in [3.63, 3.8) is 0 Å². The molecular formula is C16H16N2O4. The number of aromatic amines is 1. The second-order valence-electron chi connectivity index (χ2n) is 5.40. The fraction of sp³-hybridized carbons (Fsp3) is 0.188. The van der Waals surface area contributed by atoms with Crippen LogP contribution >= 0.6 is 0 Å². The van der Waals surface area contributed by atoms with E-state index in [1.54, 1.807) is 38.1 Å². The molecular weight excluding hydrogens is 284 g/mol. The second kappa shape index (κ2) is 5.85. The van der Waals surface area contributed by atoms with Gasteiger partial charge in [-0.05, 0) is 37.6 Å². The second-order valence-corrected chi connectivity index (χ2v) is 5.40. The number of hydrogen-bond acceptors (Lipinski definition) is 3. The molecule has 2 rings (SSSR count). The Hall–Kier alpha value is -2.89. The van der Waals surface area contributed by atoms with Crippen LogP contribution in [0.1, 0.15) is 29.8 Å². The Bertz CT molecular complexity index is 760. The van der Waals surface area contributed by atoms with Crippen molar-refractivity contribution in [1.29, 1.82) is 0 Å². The summed E-state index contributed by atoms with van der Waals surface area (Å²) >= 11 is 0. The summed E-state index contributed by atoms with van der Waals surface area (Å²) in [6.07, 6.45) is 1.40. The number of benzene rings is 1. The Balaban J connectivity index is 2.17. The maximum Gasteiger partial charge on any atom is 0.313 e. The lowest BCUT2D eigenvalue weighted by molar-refractivity contribution is -0.142. The third-order valence-corrected chi connectivity index (χ3v) is 3.44. The lowest BCUT2D eigenvalue weighted by Crippen LogP contribution is -2.28. The van der Waals surface area contributed by atoms with Crippen molar-refractivity contribution < 1.29 is 14.7 Å². The topological polar surface area (TPSA) is 99.3 Å². The summed E-state index contributed by atoms with van der Waals surface area (Å²) in [5.41, 5.74) is 0.0456. The van der Waals surface area contributed by atoms with Gasteiger partial charge in [0.05, 0.1) is 5.41 Å². The number of carbonyl (C=O) groups excluding carboxylic acids is 1. The van der Waals surface area contributed by atoms with Crippen molar-refractivity contribution in [2.45, 2.75) is 19.3 Å². The Morgan fingerprint density at radius 3 is 2.32 bits per heavy atom. The minimum absolute atomic E-state index is 0.249. The van der Waals surface area contributed by atoms with Crippen LogP contribution < -0.4 is 10.9 Å². The molecule has 0 aliphatic rings. The molecule has 0 unspecified atom stereocenters. The number of anilines is 1. The summed E-state index contributed by atoms with van der Waals surface area (Å²) in [6.45, 7) is 3.22. The normalized spacial score (nSPS) is 11.0. The maximum atomic E-state index is 12.0. The van der Waals surface area contributed by atoms with Gasteiger partial charge in [0, 0.05) is 23.5 Å². The number of carbonyl (C=O) groups is 2. The Morgan fingerprint density at radius 2 is 1.77 bits per heavy atom. The summed E-state index contributed by atoms with van der Waals surface area (Å²) in [7, 11) is 0. The van der Waals surface area contributed by atoms with E-state index in [9.17, 15) is 19.5 Å². The zero-order chi connectivity index (χ0) is 16.3. The molecule has 0 bridgehead atoms. The lowest BCUT2D eigenvalue weighted by Gasteiger charge is -2.19. The van der Waals surface area contributed by atoms with E-state index in [2.05, 4.69) is 10.3 Å². The van der Waals surface area contributed by atoms with Crippen molar-refractivity contribution in [3.8, 4) is 0 Å². The number of amides is 1. The van der Waals surface area contributed by atoms with Gasteiger partial charge in [-0.25, -0.2) is 0 Å². The average molecular weight is 300 g/mol. The highest BCUT2D eigenvalue weighted by atomic mass is 16.4. The van der Waals surface area contributed by atoms with Gasteiger partial charge >= 0.3 is 5.97 Å². The zero-order valence-corrected chi connectivity index (χ0v) is 12.2. The first kappa shape index (κ1) is 15.5. The van der Waals surface area contributed by atoms with Crippen molar-refractivity contribution in [2.24, 2.45) is 0 Å². The van der Waals surface area contributed by atoms with E-state index in [0.717, 1.165) is 0 Å². The number of hydrogen-bond donors (Lipinski definition) is 3. The monoisotopic (exact) mass is 300 g/mol. The minimum atomic E-state index is -1.00. The quantitative estimate of drug-likeness (QED) is 0.804. The predicted molar refractivity (Wildman–Crippen MR) is 82.1 cm³/mol. The molecule has 114 valence electrons. The first-order valence-corrected chi connectivity index (χ1v) is 6.65.